The molecule has 0 unspecified atom stereocenters. The Balaban J connectivity index is 1.58. The van der Waals surface area contributed by atoms with E-state index in [9.17, 15) is 4.39 Å². The maximum atomic E-state index is 14.3. The van der Waals surface area contributed by atoms with Gasteiger partial charge >= 0.3 is 0 Å². The lowest BCUT2D eigenvalue weighted by Gasteiger charge is -2.35. The van der Waals surface area contributed by atoms with E-state index in [2.05, 4.69) is 27.8 Å². The molecule has 1 aromatic heterocycles. The van der Waals surface area contributed by atoms with Crippen LogP contribution in [-0.2, 0) is 13.1 Å². The van der Waals surface area contributed by atoms with Gasteiger partial charge in [0.1, 0.15) is 5.82 Å². The van der Waals surface area contributed by atoms with Crippen molar-refractivity contribution < 1.29 is 4.39 Å². The summed E-state index contributed by atoms with van der Waals surface area (Å²) in [6.07, 6.45) is 1.85. The minimum absolute atomic E-state index is 0.172. The van der Waals surface area contributed by atoms with Crippen LogP contribution >= 0.6 is 11.6 Å². The molecule has 3 nitrogen and oxygen atoms in total. The lowest BCUT2D eigenvalue weighted by Crippen LogP contribution is -2.45. The van der Waals surface area contributed by atoms with Gasteiger partial charge in [0.05, 0.1) is 5.69 Å². The predicted molar refractivity (Wildman–Crippen MR) is 95.7 cm³/mol. The van der Waals surface area contributed by atoms with E-state index in [0.717, 1.165) is 38.4 Å². The fourth-order valence-corrected chi connectivity index (χ4v) is 3.29. The number of hydrogen-bond donors (Lipinski definition) is 0. The lowest BCUT2D eigenvalue weighted by molar-refractivity contribution is 0.120. The van der Waals surface area contributed by atoms with Crippen molar-refractivity contribution in [1.29, 1.82) is 0 Å². The number of aryl methyl sites for hydroxylation is 2. The lowest BCUT2D eigenvalue weighted by atomic mass is 10.1. The molecule has 0 atom stereocenters. The minimum atomic E-state index is -0.172. The first-order chi connectivity index (χ1) is 11.5. The molecule has 0 bridgehead atoms. The molecule has 0 amide bonds. The van der Waals surface area contributed by atoms with E-state index >= 15 is 0 Å². The highest BCUT2D eigenvalue weighted by Crippen LogP contribution is 2.24. The van der Waals surface area contributed by atoms with E-state index in [0.29, 0.717) is 22.7 Å². The Bertz CT molecular complexity index is 712. The van der Waals surface area contributed by atoms with Crippen LogP contribution in [-0.4, -0.2) is 41.0 Å². The van der Waals surface area contributed by atoms with Crippen molar-refractivity contribution in [2.45, 2.75) is 26.9 Å². The van der Waals surface area contributed by atoms with Gasteiger partial charge in [-0.15, -0.1) is 0 Å². The number of halogens is 2. The average molecular weight is 348 g/mol. The molecule has 5 heteroatoms. The number of benzene rings is 1. The zero-order valence-corrected chi connectivity index (χ0v) is 15.0. The Hall–Kier alpha value is -1.49. The smallest absolute Gasteiger partial charge is 0.132 e. The van der Waals surface area contributed by atoms with Crippen LogP contribution in [0.25, 0.3) is 0 Å². The van der Waals surface area contributed by atoms with Crippen LogP contribution < -0.4 is 0 Å². The number of hydrogen-bond acceptors (Lipinski definition) is 3. The van der Waals surface area contributed by atoms with Crippen LogP contribution in [0.2, 0.25) is 5.02 Å². The van der Waals surface area contributed by atoms with Crippen molar-refractivity contribution in [3.63, 3.8) is 0 Å². The van der Waals surface area contributed by atoms with Gasteiger partial charge in [-0.1, -0.05) is 23.7 Å². The molecule has 0 radical (unpaired) electrons. The SMILES string of the molecule is Cc1cccnc1CN1CCN(Cc2c(Cl)ccc(C)c2F)CC1. The number of rotatable bonds is 4. The van der Waals surface area contributed by atoms with E-state index in [1.807, 2.05) is 12.3 Å². The number of nitrogens with zero attached hydrogens (tertiary/aromatic N) is 3. The van der Waals surface area contributed by atoms with Gasteiger partial charge in [0.2, 0.25) is 0 Å². The first kappa shape index (κ1) is 17.3. The van der Waals surface area contributed by atoms with E-state index < -0.39 is 0 Å². The molecule has 0 aliphatic carbocycles. The molecule has 24 heavy (non-hydrogen) atoms. The first-order valence-corrected chi connectivity index (χ1v) is 8.71. The van der Waals surface area contributed by atoms with Crippen LogP contribution in [0.15, 0.2) is 30.5 Å². The van der Waals surface area contributed by atoms with E-state index in [1.54, 1.807) is 19.1 Å². The van der Waals surface area contributed by atoms with Crippen LogP contribution in [0.1, 0.15) is 22.4 Å². The Kier molecular flexibility index (Phi) is 5.49. The summed E-state index contributed by atoms with van der Waals surface area (Å²) in [6.45, 7) is 9.07. The van der Waals surface area contributed by atoms with E-state index in [-0.39, 0.29) is 5.82 Å². The van der Waals surface area contributed by atoms with Crippen molar-refractivity contribution in [2.24, 2.45) is 0 Å². The second kappa shape index (κ2) is 7.60. The summed E-state index contributed by atoms with van der Waals surface area (Å²) in [5.74, 6) is -0.172. The topological polar surface area (TPSA) is 19.4 Å². The van der Waals surface area contributed by atoms with Crippen LogP contribution in [0, 0.1) is 19.7 Å². The second-order valence-electron chi connectivity index (χ2n) is 6.48. The molecule has 0 saturated carbocycles. The highest BCUT2D eigenvalue weighted by molar-refractivity contribution is 6.31. The summed E-state index contributed by atoms with van der Waals surface area (Å²) in [5.41, 5.74) is 3.64. The Labute approximate surface area is 148 Å². The predicted octanol–water partition coefficient (Wildman–Crippen LogP) is 3.81. The molecule has 1 aliphatic rings. The van der Waals surface area contributed by atoms with Gasteiger partial charge in [-0.25, -0.2) is 4.39 Å². The molecule has 1 fully saturated rings. The Morgan fingerprint density at radius 3 is 2.33 bits per heavy atom. The Morgan fingerprint density at radius 2 is 1.67 bits per heavy atom. The maximum absolute atomic E-state index is 14.3. The van der Waals surface area contributed by atoms with Gasteiger partial charge in [-0.3, -0.25) is 14.8 Å². The molecule has 1 aliphatic heterocycles. The number of piperazine rings is 1. The van der Waals surface area contributed by atoms with Crippen LogP contribution in [0.3, 0.4) is 0 Å². The Morgan fingerprint density at radius 1 is 1.00 bits per heavy atom. The molecular weight excluding hydrogens is 325 g/mol. The third kappa shape index (κ3) is 3.94. The molecular formula is C19H23ClFN3. The van der Waals surface area contributed by atoms with Crippen molar-refractivity contribution in [2.75, 3.05) is 26.2 Å². The summed E-state index contributed by atoms with van der Waals surface area (Å²) in [7, 11) is 0. The molecule has 0 N–H and O–H groups in total. The summed E-state index contributed by atoms with van der Waals surface area (Å²) in [6, 6.07) is 7.59. The summed E-state index contributed by atoms with van der Waals surface area (Å²) < 4.78 is 14.3. The highest BCUT2D eigenvalue weighted by atomic mass is 35.5. The van der Waals surface area contributed by atoms with Gasteiger partial charge < -0.3 is 0 Å². The number of aromatic nitrogens is 1. The zero-order chi connectivity index (χ0) is 17.1. The molecule has 3 rings (SSSR count). The van der Waals surface area contributed by atoms with Crippen molar-refractivity contribution >= 4 is 11.6 Å². The van der Waals surface area contributed by atoms with Gasteiger partial charge in [0, 0.05) is 56.1 Å². The third-order valence-corrected chi connectivity index (χ3v) is 5.07. The van der Waals surface area contributed by atoms with Crippen LogP contribution in [0.5, 0.6) is 0 Å². The largest absolute Gasteiger partial charge is 0.296 e. The maximum Gasteiger partial charge on any atom is 0.132 e. The van der Waals surface area contributed by atoms with Gasteiger partial charge in [0.25, 0.3) is 0 Å². The molecule has 2 aromatic rings. The van der Waals surface area contributed by atoms with Gasteiger partial charge in [-0.05, 0) is 37.1 Å². The van der Waals surface area contributed by atoms with Crippen LogP contribution in [0.4, 0.5) is 4.39 Å². The summed E-state index contributed by atoms with van der Waals surface area (Å²) >= 11 is 6.19. The normalized spacial score (nSPS) is 16.5. The van der Waals surface area contributed by atoms with Crippen molar-refractivity contribution in [1.82, 2.24) is 14.8 Å². The van der Waals surface area contributed by atoms with E-state index in [1.165, 1.54) is 5.56 Å². The first-order valence-electron chi connectivity index (χ1n) is 8.33. The fraction of sp³-hybridized carbons (Fsp3) is 0.421. The summed E-state index contributed by atoms with van der Waals surface area (Å²) in [4.78, 5) is 9.14. The van der Waals surface area contributed by atoms with Crippen molar-refractivity contribution in [3.8, 4) is 0 Å². The summed E-state index contributed by atoms with van der Waals surface area (Å²) in [5, 5.41) is 0.518. The van der Waals surface area contributed by atoms with E-state index in [4.69, 9.17) is 11.6 Å². The zero-order valence-electron chi connectivity index (χ0n) is 14.2. The van der Waals surface area contributed by atoms with Gasteiger partial charge in [-0.2, -0.15) is 0 Å². The average Bonchev–Trinajstić information content (AvgIpc) is 2.59. The quantitative estimate of drug-likeness (QED) is 0.838. The highest BCUT2D eigenvalue weighted by Gasteiger charge is 2.20. The fourth-order valence-electron chi connectivity index (χ4n) is 3.08. The second-order valence-corrected chi connectivity index (χ2v) is 6.88. The van der Waals surface area contributed by atoms with Gasteiger partial charge in [0.15, 0.2) is 0 Å². The minimum Gasteiger partial charge on any atom is -0.296 e. The molecule has 2 heterocycles. The third-order valence-electron chi connectivity index (χ3n) is 4.72. The molecule has 1 aromatic carbocycles. The monoisotopic (exact) mass is 347 g/mol. The molecule has 128 valence electrons. The standard InChI is InChI=1S/C19H23ClFN3/c1-14-4-3-7-22-18(14)13-24-10-8-23(9-11-24)12-16-17(20)6-5-15(2)19(16)21/h3-7H,8-13H2,1-2H3. The van der Waals surface area contributed by atoms with Crippen molar-refractivity contribution in [3.05, 3.63) is 63.7 Å². The number of pyridine rings is 1. The molecule has 1 saturated heterocycles. The molecule has 0 spiro atoms.